The second kappa shape index (κ2) is 8.59. The second-order valence-electron chi connectivity index (χ2n) is 4.99. The lowest BCUT2D eigenvalue weighted by atomic mass is 10.2. The van der Waals surface area contributed by atoms with E-state index >= 15 is 0 Å². The van der Waals surface area contributed by atoms with Crippen molar-refractivity contribution in [2.24, 2.45) is 0 Å². The molecule has 1 amide bonds. The summed E-state index contributed by atoms with van der Waals surface area (Å²) in [6.45, 7) is 3.36. The average molecular weight is 379 g/mol. The third kappa shape index (κ3) is 5.30. The number of carbonyl (C=O) groups is 1. The number of nitrogens with one attached hydrogen (secondary N) is 2. The molecule has 0 saturated carbocycles. The SMILES string of the molecule is COCCCNc1ccc(C(=O)Nc2ccc(Br)cc2C)nn1. The Kier molecular flexibility index (Phi) is 6.49. The second-order valence-corrected chi connectivity index (χ2v) is 5.91. The fourth-order valence-electron chi connectivity index (χ4n) is 1.93. The highest BCUT2D eigenvalue weighted by Gasteiger charge is 2.10. The fraction of sp³-hybridized carbons (Fsp3) is 0.312. The highest BCUT2D eigenvalue weighted by atomic mass is 79.9. The van der Waals surface area contributed by atoms with Crippen LogP contribution in [0.1, 0.15) is 22.5 Å². The summed E-state index contributed by atoms with van der Waals surface area (Å²) in [4.78, 5) is 12.2. The number of aryl methyl sites for hydroxylation is 1. The molecule has 0 aliphatic rings. The Labute approximate surface area is 143 Å². The smallest absolute Gasteiger partial charge is 0.276 e. The minimum absolute atomic E-state index is 0.273. The number of aromatic nitrogens is 2. The Morgan fingerprint density at radius 1 is 1.26 bits per heavy atom. The number of hydrogen-bond acceptors (Lipinski definition) is 5. The van der Waals surface area contributed by atoms with Crippen LogP contribution in [0.5, 0.6) is 0 Å². The third-order valence-electron chi connectivity index (χ3n) is 3.17. The molecule has 2 rings (SSSR count). The number of hydrogen-bond donors (Lipinski definition) is 2. The molecule has 1 heterocycles. The summed E-state index contributed by atoms with van der Waals surface area (Å²) in [6.07, 6.45) is 0.878. The highest BCUT2D eigenvalue weighted by Crippen LogP contribution is 2.20. The van der Waals surface area contributed by atoms with Gasteiger partial charge in [0.2, 0.25) is 0 Å². The van der Waals surface area contributed by atoms with E-state index in [2.05, 4.69) is 36.8 Å². The zero-order chi connectivity index (χ0) is 16.7. The van der Waals surface area contributed by atoms with Crippen LogP contribution in [-0.2, 0) is 4.74 Å². The number of carbonyl (C=O) groups excluding carboxylic acids is 1. The average Bonchev–Trinajstić information content (AvgIpc) is 2.55. The number of rotatable bonds is 7. The Morgan fingerprint density at radius 3 is 2.74 bits per heavy atom. The van der Waals surface area contributed by atoms with Crippen molar-refractivity contribution in [3.63, 3.8) is 0 Å². The van der Waals surface area contributed by atoms with E-state index in [4.69, 9.17) is 4.74 Å². The van der Waals surface area contributed by atoms with Gasteiger partial charge in [-0.15, -0.1) is 10.2 Å². The first kappa shape index (κ1) is 17.4. The molecule has 0 saturated heterocycles. The molecule has 0 aliphatic carbocycles. The van der Waals surface area contributed by atoms with Crippen LogP contribution < -0.4 is 10.6 Å². The van der Waals surface area contributed by atoms with Crippen LogP contribution in [0.15, 0.2) is 34.8 Å². The van der Waals surface area contributed by atoms with E-state index in [1.165, 1.54) is 0 Å². The molecular formula is C16H19BrN4O2. The van der Waals surface area contributed by atoms with Gasteiger partial charge in [-0.3, -0.25) is 4.79 Å². The molecule has 23 heavy (non-hydrogen) atoms. The van der Waals surface area contributed by atoms with Gasteiger partial charge in [-0.2, -0.15) is 0 Å². The minimum atomic E-state index is -0.283. The van der Waals surface area contributed by atoms with Crippen molar-refractivity contribution >= 4 is 33.3 Å². The Balaban J connectivity index is 1.94. The van der Waals surface area contributed by atoms with Crippen molar-refractivity contribution in [2.75, 3.05) is 30.9 Å². The van der Waals surface area contributed by atoms with Crippen molar-refractivity contribution in [1.82, 2.24) is 10.2 Å². The van der Waals surface area contributed by atoms with Crippen LogP contribution in [0, 0.1) is 6.92 Å². The molecule has 0 fully saturated rings. The van der Waals surface area contributed by atoms with Gasteiger partial charge in [-0.25, -0.2) is 0 Å². The van der Waals surface area contributed by atoms with Gasteiger partial charge >= 0.3 is 0 Å². The molecule has 7 heteroatoms. The van der Waals surface area contributed by atoms with Crippen LogP contribution in [0.3, 0.4) is 0 Å². The standard InChI is InChI=1S/C16H19BrN4O2/c1-11-10-12(17)4-5-13(11)19-16(22)14-6-7-15(21-20-14)18-8-3-9-23-2/h4-7,10H,3,8-9H2,1-2H3,(H,18,21)(H,19,22). The number of halogens is 1. The fourth-order valence-corrected chi connectivity index (χ4v) is 2.41. The molecule has 1 aromatic carbocycles. The summed E-state index contributed by atoms with van der Waals surface area (Å²) in [5.41, 5.74) is 1.99. The van der Waals surface area contributed by atoms with Crippen LogP contribution in [0.4, 0.5) is 11.5 Å². The summed E-state index contributed by atoms with van der Waals surface area (Å²) < 4.78 is 5.94. The van der Waals surface area contributed by atoms with Crippen molar-refractivity contribution in [1.29, 1.82) is 0 Å². The molecular weight excluding hydrogens is 360 g/mol. The van der Waals surface area contributed by atoms with E-state index in [0.29, 0.717) is 12.4 Å². The number of benzene rings is 1. The molecule has 0 atom stereocenters. The Morgan fingerprint density at radius 2 is 2.09 bits per heavy atom. The minimum Gasteiger partial charge on any atom is -0.385 e. The zero-order valence-corrected chi connectivity index (χ0v) is 14.7. The monoisotopic (exact) mass is 378 g/mol. The molecule has 2 aromatic rings. The van der Waals surface area contributed by atoms with Crippen molar-refractivity contribution < 1.29 is 9.53 Å². The first-order chi connectivity index (χ1) is 11.1. The number of ether oxygens (including phenoxy) is 1. The van der Waals surface area contributed by atoms with E-state index in [0.717, 1.165) is 28.7 Å². The van der Waals surface area contributed by atoms with E-state index in [9.17, 15) is 4.79 Å². The van der Waals surface area contributed by atoms with E-state index in [-0.39, 0.29) is 11.6 Å². The summed E-state index contributed by atoms with van der Waals surface area (Å²) >= 11 is 3.40. The molecule has 122 valence electrons. The zero-order valence-electron chi connectivity index (χ0n) is 13.1. The number of nitrogens with zero attached hydrogens (tertiary/aromatic N) is 2. The van der Waals surface area contributed by atoms with Crippen LogP contribution in [0.2, 0.25) is 0 Å². The van der Waals surface area contributed by atoms with E-state index in [1.54, 1.807) is 19.2 Å². The number of anilines is 2. The highest BCUT2D eigenvalue weighted by molar-refractivity contribution is 9.10. The summed E-state index contributed by atoms with van der Waals surface area (Å²) in [6, 6.07) is 9.05. The lowest BCUT2D eigenvalue weighted by Gasteiger charge is -2.09. The third-order valence-corrected chi connectivity index (χ3v) is 3.66. The maximum absolute atomic E-state index is 12.2. The normalized spacial score (nSPS) is 10.4. The first-order valence-electron chi connectivity index (χ1n) is 7.24. The van der Waals surface area contributed by atoms with Gasteiger partial charge in [0.25, 0.3) is 5.91 Å². The number of methoxy groups -OCH3 is 1. The Bertz CT molecular complexity index is 662. The van der Waals surface area contributed by atoms with E-state index in [1.807, 2.05) is 25.1 Å². The van der Waals surface area contributed by atoms with Crippen LogP contribution >= 0.6 is 15.9 Å². The quantitative estimate of drug-likeness (QED) is 0.723. The van der Waals surface area contributed by atoms with Crippen molar-refractivity contribution in [3.8, 4) is 0 Å². The number of amides is 1. The van der Waals surface area contributed by atoms with Gasteiger partial charge in [-0.05, 0) is 49.2 Å². The van der Waals surface area contributed by atoms with Crippen molar-refractivity contribution in [2.45, 2.75) is 13.3 Å². The lowest BCUT2D eigenvalue weighted by Crippen LogP contribution is -2.15. The van der Waals surface area contributed by atoms with Gasteiger partial charge in [0.15, 0.2) is 5.69 Å². The molecule has 0 radical (unpaired) electrons. The molecule has 0 spiro atoms. The molecule has 1 aromatic heterocycles. The largest absolute Gasteiger partial charge is 0.385 e. The summed E-state index contributed by atoms with van der Waals surface area (Å²) in [7, 11) is 1.67. The van der Waals surface area contributed by atoms with Crippen LogP contribution in [0.25, 0.3) is 0 Å². The van der Waals surface area contributed by atoms with Gasteiger partial charge in [0, 0.05) is 30.4 Å². The predicted molar refractivity (Wildman–Crippen MR) is 93.8 cm³/mol. The predicted octanol–water partition coefficient (Wildman–Crippen LogP) is 3.25. The summed E-state index contributed by atoms with van der Waals surface area (Å²) in [5.74, 6) is 0.353. The topological polar surface area (TPSA) is 76.1 Å². The maximum atomic E-state index is 12.2. The van der Waals surface area contributed by atoms with Crippen molar-refractivity contribution in [3.05, 3.63) is 46.1 Å². The summed E-state index contributed by atoms with van der Waals surface area (Å²) in [5, 5.41) is 13.9. The molecule has 6 nitrogen and oxygen atoms in total. The maximum Gasteiger partial charge on any atom is 0.276 e. The lowest BCUT2D eigenvalue weighted by molar-refractivity contribution is 0.102. The van der Waals surface area contributed by atoms with Crippen LogP contribution in [-0.4, -0.2) is 36.4 Å². The first-order valence-corrected chi connectivity index (χ1v) is 8.03. The van der Waals surface area contributed by atoms with Gasteiger partial charge in [-0.1, -0.05) is 15.9 Å². The molecule has 0 unspecified atom stereocenters. The molecule has 2 N–H and O–H groups in total. The Hall–Kier alpha value is -1.99. The van der Waals surface area contributed by atoms with Gasteiger partial charge < -0.3 is 15.4 Å². The van der Waals surface area contributed by atoms with Gasteiger partial charge in [0.05, 0.1) is 0 Å². The van der Waals surface area contributed by atoms with E-state index < -0.39 is 0 Å². The molecule has 0 bridgehead atoms. The molecule has 0 aliphatic heterocycles. The van der Waals surface area contributed by atoms with Gasteiger partial charge in [0.1, 0.15) is 5.82 Å².